The maximum Gasteiger partial charge on any atom is 0.152 e. The van der Waals surface area contributed by atoms with E-state index in [0.717, 1.165) is 4.47 Å². The van der Waals surface area contributed by atoms with Gasteiger partial charge in [-0.25, -0.2) is 4.39 Å². The quantitative estimate of drug-likeness (QED) is 0.846. The predicted octanol–water partition coefficient (Wildman–Crippen LogP) is 4.40. The highest BCUT2D eigenvalue weighted by Crippen LogP contribution is 2.29. The number of anilines is 1. The van der Waals surface area contributed by atoms with Crippen LogP contribution >= 0.6 is 27.5 Å². The highest BCUT2D eigenvalue weighted by atomic mass is 79.9. The van der Waals surface area contributed by atoms with Gasteiger partial charge in [0.15, 0.2) is 5.82 Å². The first-order valence-corrected chi connectivity index (χ1v) is 6.35. The van der Waals surface area contributed by atoms with Gasteiger partial charge in [0, 0.05) is 10.0 Å². The summed E-state index contributed by atoms with van der Waals surface area (Å²) >= 11 is 9.29. The summed E-state index contributed by atoms with van der Waals surface area (Å²) in [5.74, 6) is 0.0384. The smallest absolute Gasteiger partial charge is 0.152 e. The number of nitrogens with two attached hydrogens (primary N) is 1. The molecule has 0 aliphatic rings. The summed E-state index contributed by atoms with van der Waals surface area (Å²) in [4.78, 5) is 0. The molecule has 0 bridgehead atoms. The number of hydrogen-bond donors (Lipinski definition) is 1. The van der Waals surface area contributed by atoms with Crippen LogP contribution in [0.2, 0.25) is 5.02 Å². The van der Waals surface area contributed by atoms with Gasteiger partial charge in [-0.05, 0) is 24.3 Å². The Kier molecular flexibility index (Phi) is 4.09. The van der Waals surface area contributed by atoms with Crippen LogP contribution < -0.4 is 10.5 Å². The number of hydrogen-bond acceptors (Lipinski definition) is 2. The van der Waals surface area contributed by atoms with Gasteiger partial charge in [0.25, 0.3) is 0 Å². The molecule has 0 saturated heterocycles. The second kappa shape index (κ2) is 5.59. The molecule has 5 heteroatoms. The molecule has 2 nitrogen and oxygen atoms in total. The van der Waals surface area contributed by atoms with Gasteiger partial charge in [-0.1, -0.05) is 39.7 Å². The minimum Gasteiger partial charge on any atom is -0.487 e. The summed E-state index contributed by atoms with van der Waals surface area (Å²) in [6, 6.07) is 10.0. The van der Waals surface area contributed by atoms with Gasteiger partial charge in [-0.15, -0.1) is 0 Å². The molecule has 94 valence electrons. The summed E-state index contributed by atoms with van der Waals surface area (Å²) in [5.41, 5.74) is 5.98. The Morgan fingerprint density at radius 2 is 2.06 bits per heavy atom. The Labute approximate surface area is 118 Å². The SMILES string of the molecule is Nc1cccc(COc2cc(Br)ccc2Cl)c1F. The molecule has 2 rings (SSSR count). The van der Waals surface area contributed by atoms with E-state index in [0.29, 0.717) is 16.3 Å². The molecule has 0 saturated carbocycles. The van der Waals surface area contributed by atoms with Crippen LogP contribution in [0.4, 0.5) is 10.1 Å². The fourth-order valence-corrected chi connectivity index (χ4v) is 1.97. The zero-order chi connectivity index (χ0) is 13.1. The lowest BCUT2D eigenvalue weighted by Gasteiger charge is -2.10. The van der Waals surface area contributed by atoms with Gasteiger partial charge in [-0.3, -0.25) is 0 Å². The molecule has 0 aromatic heterocycles. The van der Waals surface area contributed by atoms with E-state index in [1.165, 1.54) is 6.07 Å². The topological polar surface area (TPSA) is 35.2 Å². The average Bonchev–Trinajstić information content (AvgIpc) is 2.35. The van der Waals surface area contributed by atoms with Crippen LogP contribution in [0.5, 0.6) is 5.75 Å². The maximum absolute atomic E-state index is 13.6. The number of benzene rings is 2. The van der Waals surface area contributed by atoms with Crippen molar-refractivity contribution in [2.45, 2.75) is 6.61 Å². The van der Waals surface area contributed by atoms with Crippen LogP contribution in [-0.4, -0.2) is 0 Å². The van der Waals surface area contributed by atoms with Gasteiger partial charge in [0.2, 0.25) is 0 Å². The molecular formula is C13H10BrClFNO. The third kappa shape index (κ3) is 2.94. The van der Waals surface area contributed by atoms with E-state index in [9.17, 15) is 4.39 Å². The lowest BCUT2D eigenvalue weighted by Crippen LogP contribution is -2.01. The maximum atomic E-state index is 13.6. The lowest BCUT2D eigenvalue weighted by molar-refractivity contribution is 0.300. The van der Waals surface area contributed by atoms with Crippen molar-refractivity contribution < 1.29 is 9.13 Å². The summed E-state index contributed by atoms with van der Waals surface area (Å²) in [7, 11) is 0. The molecule has 0 unspecified atom stereocenters. The molecule has 0 atom stereocenters. The van der Waals surface area contributed by atoms with E-state index >= 15 is 0 Å². The lowest BCUT2D eigenvalue weighted by atomic mass is 10.2. The molecule has 2 aromatic carbocycles. The van der Waals surface area contributed by atoms with Crippen LogP contribution in [0, 0.1) is 5.82 Å². The molecule has 0 amide bonds. The van der Waals surface area contributed by atoms with Crippen molar-refractivity contribution in [3.63, 3.8) is 0 Å². The summed E-state index contributed by atoms with van der Waals surface area (Å²) in [6.45, 7) is 0.0764. The fraction of sp³-hybridized carbons (Fsp3) is 0.0769. The van der Waals surface area contributed by atoms with Crippen molar-refractivity contribution in [3.8, 4) is 5.75 Å². The molecule has 2 N–H and O–H groups in total. The first kappa shape index (κ1) is 13.2. The molecular weight excluding hydrogens is 321 g/mol. The molecule has 0 radical (unpaired) electrons. The molecule has 0 heterocycles. The van der Waals surface area contributed by atoms with Crippen molar-refractivity contribution in [1.82, 2.24) is 0 Å². The molecule has 0 fully saturated rings. The van der Waals surface area contributed by atoms with E-state index in [1.54, 1.807) is 30.3 Å². The van der Waals surface area contributed by atoms with E-state index in [2.05, 4.69) is 15.9 Å². The normalized spacial score (nSPS) is 10.4. The Morgan fingerprint density at radius 3 is 2.83 bits per heavy atom. The van der Waals surface area contributed by atoms with Crippen LogP contribution in [0.3, 0.4) is 0 Å². The number of rotatable bonds is 3. The second-order valence-corrected chi connectivity index (χ2v) is 5.01. The molecule has 0 aliphatic carbocycles. The zero-order valence-electron chi connectivity index (χ0n) is 9.29. The van der Waals surface area contributed by atoms with Gasteiger partial charge in [0.1, 0.15) is 12.4 Å². The van der Waals surface area contributed by atoms with Crippen molar-refractivity contribution in [2.24, 2.45) is 0 Å². The van der Waals surface area contributed by atoms with E-state index < -0.39 is 5.82 Å². The average molecular weight is 331 g/mol. The van der Waals surface area contributed by atoms with Crippen LogP contribution in [0.1, 0.15) is 5.56 Å². The highest BCUT2D eigenvalue weighted by molar-refractivity contribution is 9.10. The highest BCUT2D eigenvalue weighted by Gasteiger charge is 2.08. The molecule has 18 heavy (non-hydrogen) atoms. The van der Waals surface area contributed by atoms with Gasteiger partial charge in [-0.2, -0.15) is 0 Å². The monoisotopic (exact) mass is 329 g/mol. The Hall–Kier alpha value is -1.26. The minimum atomic E-state index is -0.455. The van der Waals surface area contributed by atoms with Crippen LogP contribution in [0.25, 0.3) is 0 Å². The Bertz CT molecular complexity index is 575. The minimum absolute atomic E-state index is 0.0764. The number of halogens is 3. The van der Waals surface area contributed by atoms with Crippen molar-refractivity contribution in [3.05, 3.63) is 57.3 Å². The summed E-state index contributed by atoms with van der Waals surface area (Å²) in [5, 5.41) is 0.475. The molecule has 0 aliphatic heterocycles. The first-order valence-electron chi connectivity index (χ1n) is 5.18. The summed E-state index contributed by atoms with van der Waals surface area (Å²) in [6.07, 6.45) is 0. The largest absolute Gasteiger partial charge is 0.487 e. The first-order chi connectivity index (χ1) is 8.58. The summed E-state index contributed by atoms with van der Waals surface area (Å²) < 4.78 is 20.0. The Morgan fingerprint density at radius 1 is 1.28 bits per heavy atom. The zero-order valence-corrected chi connectivity index (χ0v) is 11.6. The van der Waals surface area contributed by atoms with Crippen LogP contribution in [-0.2, 0) is 6.61 Å². The van der Waals surface area contributed by atoms with Crippen LogP contribution in [0.15, 0.2) is 40.9 Å². The fourth-order valence-electron chi connectivity index (χ4n) is 1.45. The molecule has 2 aromatic rings. The predicted molar refractivity (Wildman–Crippen MR) is 74.3 cm³/mol. The van der Waals surface area contributed by atoms with E-state index in [4.69, 9.17) is 22.1 Å². The second-order valence-electron chi connectivity index (χ2n) is 3.68. The number of ether oxygens (including phenoxy) is 1. The van der Waals surface area contributed by atoms with Crippen molar-refractivity contribution >= 4 is 33.2 Å². The number of nitrogen functional groups attached to an aromatic ring is 1. The van der Waals surface area contributed by atoms with Gasteiger partial charge >= 0.3 is 0 Å². The third-order valence-corrected chi connectivity index (χ3v) is 3.19. The van der Waals surface area contributed by atoms with Gasteiger partial charge < -0.3 is 10.5 Å². The third-order valence-electron chi connectivity index (χ3n) is 2.38. The van der Waals surface area contributed by atoms with E-state index in [-0.39, 0.29) is 12.3 Å². The Balaban J connectivity index is 2.16. The van der Waals surface area contributed by atoms with Crippen molar-refractivity contribution in [1.29, 1.82) is 0 Å². The van der Waals surface area contributed by atoms with Crippen molar-refractivity contribution in [2.75, 3.05) is 5.73 Å². The standard InChI is InChI=1S/C13H10BrClFNO/c14-9-4-5-10(15)12(6-9)18-7-8-2-1-3-11(17)13(8)16/h1-6H,7,17H2. The van der Waals surface area contributed by atoms with E-state index in [1.807, 2.05) is 0 Å². The van der Waals surface area contributed by atoms with Gasteiger partial charge in [0.05, 0.1) is 10.7 Å². The molecule has 0 spiro atoms.